The number of aromatic hydroxyl groups is 1. The molecule has 0 bridgehead atoms. The van der Waals surface area contributed by atoms with Gasteiger partial charge >= 0.3 is 0 Å². The fourth-order valence-electron chi connectivity index (χ4n) is 1.30. The Kier molecular flexibility index (Phi) is 3.45. The molecule has 0 fully saturated rings. The van der Waals surface area contributed by atoms with Gasteiger partial charge in [0.05, 0.1) is 6.61 Å². The summed E-state index contributed by atoms with van der Waals surface area (Å²) in [5.74, 6) is 0.260. The fraction of sp³-hybridized carbons (Fsp3) is 0.455. The molecule has 2 nitrogen and oxygen atoms in total. The standard InChI is InChI=1S/C11H16O2S/c1-11(2,7-12)9-5-4-8(14-3)6-10(9)13/h4-6,12-13H,7H2,1-3H3. The van der Waals surface area contributed by atoms with Crippen LogP contribution in [0.3, 0.4) is 0 Å². The summed E-state index contributed by atoms with van der Waals surface area (Å²) in [6.45, 7) is 3.83. The first-order valence-corrected chi connectivity index (χ1v) is 5.72. The van der Waals surface area contributed by atoms with Gasteiger partial charge in [-0.15, -0.1) is 11.8 Å². The number of rotatable bonds is 3. The number of phenolic OH excluding ortho intramolecular Hbond substituents is 1. The Bertz CT molecular complexity index is 321. The number of thioether (sulfide) groups is 1. The highest BCUT2D eigenvalue weighted by Gasteiger charge is 2.22. The Hall–Kier alpha value is -0.670. The molecule has 0 amide bonds. The van der Waals surface area contributed by atoms with E-state index < -0.39 is 0 Å². The van der Waals surface area contributed by atoms with Crippen molar-refractivity contribution in [1.82, 2.24) is 0 Å². The first-order chi connectivity index (χ1) is 6.51. The lowest BCUT2D eigenvalue weighted by molar-refractivity contribution is 0.215. The molecule has 1 aromatic carbocycles. The van der Waals surface area contributed by atoms with E-state index in [2.05, 4.69) is 0 Å². The zero-order chi connectivity index (χ0) is 10.8. The zero-order valence-corrected chi connectivity index (χ0v) is 9.56. The average Bonchev–Trinajstić information content (AvgIpc) is 2.17. The second-order valence-corrected chi connectivity index (χ2v) is 4.80. The Labute approximate surface area is 89.0 Å². The van der Waals surface area contributed by atoms with Crippen molar-refractivity contribution in [2.75, 3.05) is 12.9 Å². The molecule has 0 saturated carbocycles. The largest absolute Gasteiger partial charge is 0.508 e. The number of aliphatic hydroxyl groups excluding tert-OH is 1. The number of benzene rings is 1. The van der Waals surface area contributed by atoms with Gasteiger partial charge in [0, 0.05) is 15.9 Å². The maximum absolute atomic E-state index is 9.76. The Morgan fingerprint density at radius 1 is 1.36 bits per heavy atom. The summed E-state index contributed by atoms with van der Waals surface area (Å²) < 4.78 is 0. The monoisotopic (exact) mass is 212 g/mol. The summed E-state index contributed by atoms with van der Waals surface area (Å²) >= 11 is 1.59. The topological polar surface area (TPSA) is 40.5 Å². The van der Waals surface area contributed by atoms with Gasteiger partial charge < -0.3 is 10.2 Å². The lowest BCUT2D eigenvalue weighted by Crippen LogP contribution is -2.22. The van der Waals surface area contributed by atoms with E-state index in [9.17, 15) is 10.2 Å². The third-order valence-corrected chi connectivity index (χ3v) is 3.05. The Morgan fingerprint density at radius 2 is 2.00 bits per heavy atom. The summed E-state index contributed by atoms with van der Waals surface area (Å²) in [6, 6.07) is 5.56. The molecule has 0 aromatic heterocycles. The van der Waals surface area contributed by atoms with Gasteiger partial charge in [-0.25, -0.2) is 0 Å². The van der Waals surface area contributed by atoms with Gasteiger partial charge in [0.2, 0.25) is 0 Å². The van der Waals surface area contributed by atoms with Crippen molar-refractivity contribution in [3.63, 3.8) is 0 Å². The minimum atomic E-state index is -0.388. The van der Waals surface area contributed by atoms with E-state index in [1.165, 1.54) is 0 Å². The van der Waals surface area contributed by atoms with Crippen LogP contribution >= 0.6 is 11.8 Å². The zero-order valence-electron chi connectivity index (χ0n) is 8.74. The molecule has 1 aromatic rings. The second kappa shape index (κ2) is 4.24. The highest BCUT2D eigenvalue weighted by atomic mass is 32.2. The summed E-state index contributed by atoms with van der Waals surface area (Å²) in [5.41, 5.74) is 0.402. The summed E-state index contributed by atoms with van der Waals surface area (Å²) in [4.78, 5) is 1.03. The predicted molar refractivity (Wildman–Crippen MR) is 60.0 cm³/mol. The molecule has 0 unspecified atom stereocenters. The third kappa shape index (κ3) is 2.22. The molecule has 3 heteroatoms. The molecular formula is C11H16O2S. The van der Waals surface area contributed by atoms with E-state index in [4.69, 9.17) is 0 Å². The van der Waals surface area contributed by atoms with Crippen LogP contribution in [0.25, 0.3) is 0 Å². The molecule has 0 aliphatic heterocycles. The Balaban J connectivity index is 3.12. The summed E-state index contributed by atoms with van der Waals surface area (Å²) in [6.07, 6.45) is 1.96. The van der Waals surface area contributed by atoms with Crippen molar-refractivity contribution in [2.24, 2.45) is 0 Å². The lowest BCUT2D eigenvalue weighted by Gasteiger charge is -2.23. The molecule has 1 rings (SSSR count). The minimum Gasteiger partial charge on any atom is -0.508 e. The quantitative estimate of drug-likeness (QED) is 0.756. The number of hydrogen-bond acceptors (Lipinski definition) is 3. The van der Waals surface area contributed by atoms with Crippen LogP contribution in [0.5, 0.6) is 5.75 Å². The van der Waals surface area contributed by atoms with Crippen LogP contribution in [-0.2, 0) is 5.41 Å². The molecule has 14 heavy (non-hydrogen) atoms. The summed E-state index contributed by atoms with van der Waals surface area (Å²) in [5, 5.41) is 18.9. The van der Waals surface area contributed by atoms with Crippen LogP contribution in [0.15, 0.2) is 23.1 Å². The molecule has 0 aliphatic carbocycles. The first kappa shape index (κ1) is 11.4. The van der Waals surface area contributed by atoms with Crippen LogP contribution in [-0.4, -0.2) is 23.1 Å². The molecular weight excluding hydrogens is 196 g/mol. The van der Waals surface area contributed by atoms with E-state index in [0.717, 1.165) is 10.5 Å². The average molecular weight is 212 g/mol. The van der Waals surface area contributed by atoms with Gasteiger partial charge in [-0.05, 0) is 18.4 Å². The van der Waals surface area contributed by atoms with Gasteiger partial charge in [0.25, 0.3) is 0 Å². The van der Waals surface area contributed by atoms with E-state index in [1.807, 2.05) is 32.2 Å². The van der Waals surface area contributed by atoms with E-state index in [0.29, 0.717) is 0 Å². The first-order valence-electron chi connectivity index (χ1n) is 4.49. The fourth-order valence-corrected chi connectivity index (χ4v) is 1.73. The van der Waals surface area contributed by atoms with Crippen molar-refractivity contribution < 1.29 is 10.2 Å². The van der Waals surface area contributed by atoms with Gasteiger partial charge in [0.1, 0.15) is 5.75 Å². The van der Waals surface area contributed by atoms with Crippen LogP contribution < -0.4 is 0 Å². The summed E-state index contributed by atoms with van der Waals surface area (Å²) in [7, 11) is 0. The maximum atomic E-state index is 9.76. The SMILES string of the molecule is CSc1ccc(C(C)(C)CO)c(O)c1. The van der Waals surface area contributed by atoms with Crippen LogP contribution in [0.1, 0.15) is 19.4 Å². The molecule has 0 heterocycles. The van der Waals surface area contributed by atoms with Crippen molar-refractivity contribution >= 4 is 11.8 Å². The number of hydrogen-bond donors (Lipinski definition) is 2. The lowest BCUT2D eigenvalue weighted by atomic mass is 9.85. The molecule has 0 spiro atoms. The second-order valence-electron chi connectivity index (χ2n) is 3.93. The van der Waals surface area contributed by atoms with Crippen molar-refractivity contribution in [2.45, 2.75) is 24.2 Å². The van der Waals surface area contributed by atoms with Gasteiger partial charge in [-0.1, -0.05) is 19.9 Å². The van der Waals surface area contributed by atoms with Gasteiger partial charge in [-0.2, -0.15) is 0 Å². The van der Waals surface area contributed by atoms with Crippen LogP contribution in [0, 0.1) is 0 Å². The highest BCUT2D eigenvalue weighted by Crippen LogP contribution is 2.33. The minimum absolute atomic E-state index is 0.0270. The molecule has 78 valence electrons. The highest BCUT2D eigenvalue weighted by molar-refractivity contribution is 7.98. The third-order valence-electron chi connectivity index (χ3n) is 2.33. The van der Waals surface area contributed by atoms with E-state index in [1.54, 1.807) is 17.8 Å². The van der Waals surface area contributed by atoms with Crippen LogP contribution in [0.2, 0.25) is 0 Å². The van der Waals surface area contributed by atoms with E-state index in [-0.39, 0.29) is 17.8 Å². The van der Waals surface area contributed by atoms with E-state index >= 15 is 0 Å². The maximum Gasteiger partial charge on any atom is 0.120 e. The number of phenols is 1. The van der Waals surface area contributed by atoms with Gasteiger partial charge in [-0.3, -0.25) is 0 Å². The molecule has 0 radical (unpaired) electrons. The van der Waals surface area contributed by atoms with Crippen molar-refractivity contribution in [3.8, 4) is 5.75 Å². The molecule has 0 saturated heterocycles. The molecule has 0 atom stereocenters. The molecule has 0 aliphatic rings. The van der Waals surface area contributed by atoms with Crippen LogP contribution in [0.4, 0.5) is 0 Å². The normalized spacial score (nSPS) is 11.7. The number of aliphatic hydroxyl groups is 1. The van der Waals surface area contributed by atoms with Crippen molar-refractivity contribution in [3.05, 3.63) is 23.8 Å². The predicted octanol–water partition coefficient (Wildman–Crippen LogP) is 2.38. The van der Waals surface area contributed by atoms with Gasteiger partial charge in [0.15, 0.2) is 0 Å². The molecule has 2 N–H and O–H groups in total. The Morgan fingerprint density at radius 3 is 2.43 bits per heavy atom. The smallest absolute Gasteiger partial charge is 0.120 e. The van der Waals surface area contributed by atoms with Crippen molar-refractivity contribution in [1.29, 1.82) is 0 Å².